The third-order valence-corrected chi connectivity index (χ3v) is 6.17. The molecular formula is C22H16ClFN2O5S. The van der Waals surface area contributed by atoms with E-state index in [1.807, 2.05) is 0 Å². The van der Waals surface area contributed by atoms with Gasteiger partial charge < -0.3 is 14.5 Å². The highest BCUT2D eigenvalue weighted by molar-refractivity contribution is 7.92. The van der Waals surface area contributed by atoms with E-state index < -0.39 is 21.7 Å². The van der Waals surface area contributed by atoms with Crippen molar-refractivity contribution in [2.24, 2.45) is 0 Å². The molecule has 3 aromatic carbocycles. The Bertz CT molecular complexity index is 1420. The lowest BCUT2D eigenvalue weighted by Gasteiger charge is -2.10. The first-order valence-corrected chi connectivity index (χ1v) is 11.1. The Kier molecular flexibility index (Phi) is 5.77. The van der Waals surface area contributed by atoms with Gasteiger partial charge in [-0.3, -0.25) is 9.52 Å². The number of benzene rings is 3. The van der Waals surface area contributed by atoms with Crippen molar-refractivity contribution in [3.63, 3.8) is 0 Å². The van der Waals surface area contributed by atoms with Crippen molar-refractivity contribution in [2.45, 2.75) is 4.90 Å². The number of amides is 1. The zero-order valence-electron chi connectivity index (χ0n) is 16.6. The number of rotatable bonds is 6. The van der Waals surface area contributed by atoms with Gasteiger partial charge in [-0.2, -0.15) is 0 Å². The molecule has 4 rings (SSSR count). The summed E-state index contributed by atoms with van der Waals surface area (Å²) in [5.74, 6) is -1.87. The average molecular weight is 475 g/mol. The van der Waals surface area contributed by atoms with E-state index in [-0.39, 0.29) is 22.1 Å². The van der Waals surface area contributed by atoms with Crippen molar-refractivity contribution < 1.29 is 26.8 Å². The fraction of sp³-hybridized carbons (Fsp3) is 0.0455. The largest absolute Gasteiger partial charge is 0.494 e. The quantitative estimate of drug-likeness (QED) is 0.396. The summed E-state index contributed by atoms with van der Waals surface area (Å²) in [5.41, 5.74) is 0.668. The molecule has 0 unspecified atom stereocenters. The molecule has 0 spiro atoms. The second-order valence-corrected chi connectivity index (χ2v) is 8.78. The SMILES string of the molecule is COc1ccc(S(=O)(=O)Nc2c(C(=O)Nc3ccc(Cl)cc3)oc3ccccc23)cc1F. The predicted molar refractivity (Wildman–Crippen MR) is 119 cm³/mol. The summed E-state index contributed by atoms with van der Waals surface area (Å²) >= 11 is 5.86. The molecule has 10 heteroatoms. The van der Waals surface area contributed by atoms with Gasteiger partial charge in [-0.1, -0.05) is 23.7 Å². The number of methoxy groups -OCH3 is 1. The normalized spacial score (nSPS) is 11.3. The van der Waals surface area contributed by atoms with Gasteiger partial charge in [0.15, 0.2) is 11.6 Å². The van der Waals surface area contributed by atoms with Crippen LogP contribution in [0.15, 0.2) is 76.0 Å². The van der Waals surface area contributed by atoms with E-state index in [0.29, 0.717) is 21.7 Å². The first-order valence-electron chi connectivity index (χ1n) is 9.23. The van der Waals surface area contributed by atoms with E-state index in [4.69, 9.17) is 20.8 Å². The Morgan fingerprint density at radius 2 is 1.78 bits per heavy atom. The van der Waals surface area contributed by atoms with Crippen LogP contribution in [0.25, 0.3) is 11.0 Å². The number of anilines is 2. The van der Waals surface area contributed by atoms with E-state index in [9.17, 15) is 17.6 Å². The molecule has 2 N–H and O–H groups in total. The summed E-state index contributed by atoms with van der Waals surface area (Å²) in [7, 11) is -2.99. The van der Waals surface area contributed by atoms with Crippen LogP contribution in [0.1, 0.15) is 10.6 Å². The number of halogens is 2. The van der Waals surface area contributed by atoms with Gasteiger partial charge in [0.05, 0.1) is 12.0 Å². The van der Waals surface area contributed by atoms with Crippen LogP contribution in [0.5, 0.6) is 5.75 Å². The van der Waals surface area contributed by atoms with Gasteiger partial charge in [-0.25, -0.2) is 12.8 Å². The van der Waals surface area contributed by atoms with Crippen molar-refractivity contribution in [3.05, 3.63) is 83.3 Å². The molecule has 32 heavy (non-hydrogen) atoms. The Balaban J connectivity index is 1.73. The summed E-state index contributed by atoms with van der Waals surface area (Å²) in [4.78, 5) is 12.6. The first kappa shape index (κ1) is 21.7. The Morgan fingerprint density at radius 1 is 1.06 bits per heavy atom. The molecule has 0 bridgehead atoms. The summed E-state index contributed by atoms with van der Waals surface area (Å²) in [6.45, 7) is 0. The summed E-state index contributed by atoms with van der Waals surface area (Å²) in [6, 6.07) is 16.1. The molecule has 0 saturated carbocycles. The highest BCUT2D eigenvalue weighted by Gasteiger charge is 2.26. The molecule has 0 saturated heterocycles. The number of carbonyl (C=O) groups excluding carboxylic acids is 1. The van der Waals surface area contributed by atoms with Gasteiger partial charge in [0.1, 0.15) is 11.3 Å². The molecule has 1 amide bonds. The van der Waals surface area contributed by atoms with E-state index in [1.54, 1.807) is 48.5 Å². The van der Waals surface area contributed by atoms with Crippen molar-refractivity contribution in [1.29, 1.82) is 0 Å². The van der Waals surface area contributed by atoms with Gasteiger partial charge in [0.2, 0.25) is 5.76 Å². The van der Waals surface area contributed by atoms with Crippen LogP contribution in [0.4, 0.5) is 15.8 Å². The molecule has 0 atom stereocenters. The van der Waals surface area contributed by atoms with Gasteiger partial charge in [-0.05, 0) is 54.6 Å². The number of fused-ring (bicyclic) bond motifs is 1. The van der Waals surface area contributed by atoms with Gasteiger partial charge in [-0.15, -0.1) is 0 Å². The van der Waals surface area contributed by atoms with Crippen LogP contribution in [-0.2, 0) is 10.0 Å². The topological polar surface area (TPSA) is 97.6 Å². The third kappa shape index (κ3) is 4.25. The minimum absolute atomic E-state index is 0.0664. The molecule has 0 aliphatic rings. The van der Waals surface area contributed by atoms with E-state index >= 15 is 0 Å². The Morgan fingerprint density at radius 3 is 2.47 bits per heavy atom. The number of ether oxygens (including phenoxy) is 1. The number of hydrogen-bond donors (Lipinski definition) is 2. The Labute approximate surface area is 187 Å². The lowest BCUT2D eigenvalue weighted by molar-refractivity contribution is 0.1000. The van der Waals surface area contributed by atoms with Crippen LogP contribution in [0, 0.1) is 5.82 Å². The zero-order valence-corrected chi connectivity index (χ0v) is 18.1. The van der Waals surface area contributed by atoms with Crippen molar-refractivity contribution in [3.8, 4) is 5.75 Å². The Hall–Kier alpha value is -3.56. The smallest absolute Gasteiger partial charge is 0.293 e. The number of nitrogens with one attached hydrogen (secondary N) is 2. The summed E-state index contributed by atoms with van der Waals surface area (Å²) < 4.78 is 52.8. The van der Waals surface area contributed by atoms with Crippen molar-refractivity contribution in [2.75, 3.05) is 17.1 Å². The molecule has 0 aliphatic heterocycles. The van der Waals surface area contributed by atoms with Crippen LogP contribution in [0.3, 0.4) is 0 Å². The van der Waals surface area contributed by atoms with Crippen molar-refractivity contribution >= 4 is 49.9 Å². The van der Waals surface area contributed by atoms with Gasteiger partial charge in [0.25, 0.3) is 15.9 Å². The predicted octanol–water partition coefficient (Wildman–Crippen LogP) is 5.29. The van der Waals surface area contributed by atoms with E-state index in [2.05, 4.69) is 10.0 Å². The lowest BCUT2D eigenvalue weighted by Crippen LogP contribution is -2.17. The lowest BCUT2D eigenvalue weighted by atomic mass is 10.2. The molecule has 0 fully saturated rings. The number of para-hydroxylation sites is 1. The fourth-order valence-corrected chi connectivity index (χ4v) is 4.26. The maximum atomic E-state index is 14.1. The van der Waals surface area contributed by atoms with Gasteiger partial charge in [0, 0.05) is 16.1 Å². The second kappa shape index (κ2) is 8.52. The molecule has 164 valence electrons. The van der Waals surface area contributed by atoms with E-state index in [1.165, 1.54) is 19.2 Å². The third-order valence-electron chi connectivity index (χ3n) is 4.57. The van der Waals surface area contributed by atoms with Crippen LogP contribution in [-0.4, -0.2) is 21.4 Å². The second-order valence-electron chi connectivity index (χ2n) is 6.67. The van der Waals surface area contributed by atoms with Crippen LogP contribution in [0.2, 0.25) is 5.02 Å². The monoisotopic (exact) mass is 474 g/mol. The molecule has 1 aromatic heterocycles. The maximum absolute atomic E-state index is 14.1. The minimum Gasteiger partial charge on any atom is -0.494 e. The van der Waals surface area contributed by atoms with Crippen LogP contribution < -0.4 is 14.8 Å². The molecule has 4 aromatic rings. The molecule has 0 aliphatic carbocycles. The highest BCUT2D eigenvalue weighted by atomic mass is 35.5. The van der Waals surface area contributed by atoms with Gasteiger partial charge >= 0.3 is 0 Å². The molecule has 1 heterocycles. The van der Waals surface area contributed by atoms with E-state index in [0.717, 1.165) is 6.07 Å². The molecule has 7 nitrogen and oxygen atoms in total. The summed E-state index contributed by atoms with van der Waals surface area (Å²) in [5, 5.41) is 3.49. The van der Waals surface area contributed by atoms with Crippen LogP contribution >= 0.6 is 11.6 Å². The first-order chi connectivity index (χ1) is 15.3. The fourth-order valence-electron chi connectivity index (χ4n) is 3.04. The minimum atomic E-state index is -4.26. The van der Waals surface area contributed by atoms with Crippen molar-refractivity contribution in [1.82, 2.24) is 0 Å². The maximum Gasteiger partial charge on any atom is 0.293 e. The molecular weight excluding hydrogens is 459 g/mol. The summed E-state index contributed by atoms with van der Waals surface area (Å²) in [6.07, 6.45) is 0. The average Bonchev–Trinajstić information content (AvgIpc) is 3.13. The number of sulfonamides is 1. The number of hydrogen-bond acceptors (Lipinski definition) is 5. The highest BCUT2D eigenvalue weighted by Crippen LogP contribution is 2.33. The number of furan rings is 1. The standard InChI is InChI=1S/C22H16ClFN2O5S/c1-30-19-11-10-15(12-17(19)24)32(28,29)26-20-16-4-2-3-5-18(16)31-21(20)22(27)25-14-8-6-13(23)7-9-14/h2-12,26H,1H3,(H,25,27). The zero-order chi connectivity index (χ0) is 22.9. The molecule has 0 radical (unpaired) electrons. The number of carbonyl (C=O) groups is 1.